The number of amides is 1. The first-order valence-corrected chi connectivity index (χ1v) is 9.32. The maximum absolute atomic E-state index is 12.3. The first-order chi connectivity index (χ1) is 12.3. The summed E-state index contributed by atoms with van der Waals surface area (Å²) in [6.45, 7) is 7.41. The first-order valence-electron chi connectivity index (χ1n) is 9.32. The van der Waals surface area contributed by atoms with Gasteiger partial charge in [-0.25, -0.2) is 0 Å². The number of hydrogen-bond acceptors (Lipinski definition) is 5. The molecule has 0 aliphatic carbocycles. The third-order valence-corrected chi connectivity index (χ3v) is 4.86. The molecule has 2 aliphatic rings. The summed E-state index contributed by atoms with van der Waals surface area (Å²) in [6, 6.07) is 7.95. The van der Waals surface area contributed by atoms with Gasteiger partial charge in [-0.3, -0.25) is 9.69 Å². The number of carbonyl (C=O) groups is 1. The summed E-state index contributed by atoms with van der Waals surface area (Å²) in [7, 11) is 0. The van der Waals surface area contributed by atoms with Crippen LogP contribution in [0.3, 0.4) is 0 Å². The van der Waals surface area contributed by atoms with Crippen LogP contribution in [0, 0.1) is 5.92 Å². The van der Waals surface area contributed by atoms with Gasteiger partial charge in [-0.1, -0.05) is 18.2 Å². The highest BCUT2D eigenvalue weighted by molar-refractivity contribution is 5.85. The van der Waals surface area contributed by atoms with Crippen molar-refractivity contribution >= 4 is 30.7 Å². The highest BCUT2D eigenvalue weighted by Crippen LogP contribution is 2.18. The summed E-state index contributed by atoms with van der Waals surface area (Å²) in [4.78, 5) is 14.6. The van der Waals surface area contributed by atoms with Crippen molar-refractivity contribution in [1.82, 2.24) is 15.5 Å². The third-order valence-electron chi connectivity index (χ3n) is 4.86. The van der Waals surface area contributed by atoms with Gasteiger partial charge in [0, 0.05) is 38.3 Å². The molecular weight excluding hydrogens is 389 g/mol. The van der Waals surface area contributed by atoms with Gasteiger partial charge in [0.1, 0.15) is 12.4 Å². The van der Waals surface area contributed by atoms with Crippen LogP contribution in [0.1, 0.15) is 18.4 Å². The zero-order valence-corrected chi connectivity index (χ0v) is 17.3. The van der Waals surface area contributed by atoms with E-state index in [2.05, 4.69) is 15.5 Å². The highest BCUT2D eigenvalue weighted by atomic mass is 35.5. The average molecular weight is 420 g/mol. The van der Waals surface area contributed by atoms with Crippen LogP contribution in [0.2, 0.25) is 0 Å². The zero-order valence-electron chi connectivity index (χ0n) is 15.7. The molecule has 0 saturated carbocycles. The van der Waals surface area contributed by atoms with E-state index in [-0.39, 0.29) is 36.6 Å². The van der Waals surface area contributed by atoms with Crippen molar-refractivity contribution in [3.05, 3.63) is 29.8 Å². The summed E-state index contributed by atoms with van der Waals surface area (Å²) in [5.41, 5.74) is 1.03. The fraction of sp³-hybridized carbons (Fsp3) is 0.632. The molecule has 27 heavy (non-hydrogen) atoms. The topological polar surface area (TPSA) is 62.8 Å². The van der Waals surface area contributed by atoms with Crippen LogP contribution in [0.5, 0.6) is 5.75 Å². The van der Waals surface area contributed by atoms with Crippen molar-refractivity contribution in [2.75, 3.05) is 52.5 Å². The molecule has 154 valence electrons. The van der Waals surface area contributed by atoms with Gasteiger partial charge in [-0.2, -0.15) is 0 Å². The molecule has 1 amide bonds. The van der Waals surface area contributed by atoms with Gasteiger partial charge in [0.2, 0.25) is 5.91 Å². The van der Waals surface area contributed by atoms with Crippen LogP contribution < -0.4 is 15.4 Å². The van der Waals surface area contributed by atoms with E-state index in [1.165, 1.54) is 0 Å². The molecular formula is C19H31Cl2N3O3. The number of piperidine rings is 1. The van der Waals surface area contributed by atoms with E-state index in [1.54, 1.807) is 0 Å². The predicted octanol–water partition coefficient (Wildman–Crippen LogP) is 1.86. The lowest BCUT2D eigenvalue weighted by Crippen LogP contribution is -2.40. The molecule has 6 nitrogen and oxygen atoms in total. The molecule has 0 radical (unpaired) electrons. The van der Waals surface area contributed by atoms with Crippen molar-refractivity contribution in [2.24, 2.45) is 5.92 Å². The molecule has 3 rings (SSSR count). The Morgan fingerprint density at radius 2 is 2.04 bits per heavy atom. The van der Waals surface area contributed by atoms with Crippen LogP contribution >= 0.6 is 24.8 Å². The fourth-order valence-corrected chi connectivity index (χ4v) is 3.30. The zero-order chi connectivity index (χ0) is 17.3. The molecule has 0 bridgehead atoms. The first kappa shape index (κ1) is 24.0. The van der Waals surface area contributed by atoms with E-state index < -0.39 is 0 Å². The fourth-order valence-electron chi connectivity index (χ4n) is 3.30. The van der Waals surface area contributed by atoms with E-state index >= 15 is 0 Å². The van der Waals surface area contributed by atoms with Gasteiger partial charge >= 0.3 is 0 Å². The Morgan fingerprint density at radius 3 is 2.78 bits per heavy atom. The normalized spacial score (nSPS) is 20.1. The van der Waals surface area contributed by atoms with E-state index in [9.17, 15) is 4.79 Å². The van der Waals surface area contributed by atoms with Crippen LogP contribution in [0.25, 0.3) is 0 Å². The van der Waals surface area contributed by atoms with Crippen LogP contribution in [0.4, 0.5) is 0 Å². The summed E-state index contributed by atoms with van der Waals surface area (Å²) in [6.07, 6.45) is 2.04. The average Bonchev–Trinajstić information content (AvgIpc) is 2.68. The number of rotatable bonds is 7. The molecule has 2 saturated heterocycles. The Bertz CT molecular complexity index is 551. The SMILES string of the molecule is Cl.Cl.O=C(NCc1ccccc1OCCN1CCOCC1)C1CCCNC1. The molecule has 1 unspecified atom stereocenters. The Labute approximate surface area is 174 Å². The minimum atomic E-state index is 0. The molecule has 0 aromatic heterocycles. The van der Waals surface area contributed by atoms with E-state index in [1.807, 2.05) is 24.3 Å². The quantitative estimate of drug-likeness (QED) is 0.705. The van der Waals surface area contributed by atoms with Gasteiger partial charge in [-0.05, 0) is 25.5 Å². The van der Waals surface area contributed by atoms with Crippen molar-refractivity contribution in [2.45, 2.75) is 19.4 Å². The Hall–Kier alpha value is -1.05. The van der Waals surface area contributed by atoms with Crippen LogP contribution in [-0.4, -0.2) is 63.4 Å². The number of benzene rings is 1. The Morgan fingerprint density at radius 1 is 1.26 bits per heavy atom. The van der Waals surface area contributed by atoms with Crippen LogP contribution in [0.15, 0.2) is 24.3 Å². The smallest absolute Gasteiger partial charge is 0.224 e. The number of para-hydroxylation sites is 1. The maximum atomic E-state index is 12.3. The van der Waals surface area contributed by atoms with Crippen molar-refractivity contribution in [1.29, 1.82) is 0 Å². The monoisotopic (exact) mass is 419 g/mol. The summed E-state index contributed by atoms with van der Waals surface area (Å²) in [5.74, 6) is 1.08. The summed E-state index contributed by atoms with van der Waals surface area (Å²) < 4.78 is 11.3. The van der Waals surface area contributed by atoms with Crippen LogP contribution in [-0.2, 0) is 16.1 Å². The predicted molar refractivity (Wildman–Crippen MR) is 111 cm³/mol. The van der Waals surface area contributed by atoms with Gasteiger partial charge in [0.05, 0.1) is 19.1 Å². The van der Waals surface area contributed by atoms with Crippen molar-refractivity contribution < 1.29 is 14.3 Å². The Kier molecular flexibility index (Phi) is 11.7. The molecule has 1 aromatic carbocycles. The number of hydrogen-bond donors (Lipinski definition) is 2. The molecule has 2 fully saturated rings. The van der Waals surface area contributed by atoms with E-state index in [4.69, 9.17) is 9.47 Å². The highest BCUT2D eigenvalue weighted by Gasteiger charge is 2.20. The number of carbonyl (C=O) groups excluding carboxylic acids is 1. The second-order valence-corrected chi connectivity index (χ2v) is 6.67. The van der Waals surface area contributed by atoms with E-state index in [0.29, 0.717) is 13.2 Å². The molecule has 2 N–H and O–H groups in total. The molecule has 1 atom stereocenters. The number of halogens is 2. The standard InChI is InChI=1S/C19H29N3O3.2ClH/c23-19(17-5-3-7-20-14-17)21-15-16-4-1-2-6-18(16)25-13-10-22-8-11-24-12-9-22;;/h1-2,4,6,17,20H,3,5,7-15H2,(H,21,23);2*1H. The molecule has 0 spiro atoms. The molecule has 8 heteroatoms. The summed E-state index contributed by atoms with van der Waals surface area (Å²) >= 11 is 0. The van der Waals surface area contributed by atoms with Gasteiger partial charge < -0.3 is 20.1 Å². The second-order valence-electron chi connectivity index (χ2n) is 6.67. The second kappa shape index (κ2) is 13.2. The largest absolute Gasteiger partial charge is 0.492 e. The lowest BCUT2D eigenvalue weighted by molar-refractivity contribution is -0.125. The molecule has 1 aromatic rings. The minimum absolute atomic E-state index is 0. The lowest BCUT2D eigenvalue weighted by Gasteiger charge is -2.26. The molecule has 2 aliphatic heterocycles. The summed E-state index contributed by atoms with van der Waals surface area (Å²) in [5, 5.41) is 6.35. The minimum Gasteiger partial charge on any atom is -0.492 e. The number of nitrogens with zero attached hydrogens (tertiary/aromatic N) is 1. The number of nitrogens with one attached hydrogen (secondary N) is 2. The van der Waals surface area contributed by atoms with E-state index in [0.717, 1.165) is 70.1 Å². The van der Waals surface area contributed by atoms with Gasteiger partial charge in [0.25, 0.3) is 0 Å². The maximum Gasteiger partial charge on any atom is 0.224 e. The molecule has 2 heterocycles. The van der Waals surface area contributed by atoms with Crippen molar-refractivity contribution in [3.8, 4) is 5.75 Å². The number of ether oxygens (including phenoxy) is 2. The third kappa shape index (κ3) is 7.84. The Balaban J connectivity index is 0.00000182. The van der Waals surface area contributed by atoms with Gasteiger partial charge in [-0.15, -0.1) is 24.8 Å². The number of morpholine rings is 1. The van der Waals surface area contributed by atoms with Gasteiger partial charge in [0.15, 0.2) is 0 Å². The van der Waals surface area contributed by atoms with Crippen molar-refractivity contribution in [3.63, 3.8) is 0 Å². The lowest BCUT2D eigenvalue weighted by atomic mass is 9.99.